The maximum absolute atomic E-state index is 12.6. The van der Waals surface area contributed by atoms with Crippen LogP contribution >= 0.6 is 0 Å². The van der Waals surface area contributed by atoms with Gasteiger partial charge in [-0.1, -0.05) is 6.07 Å². The first-order chi connectivity index (χ1) is 15.5. The number of aryl methyl sites for hydroxylation is 3. The van der Waals surface area contributed by atoms with E-state index in [1.165, 1.54) is 11.1 Å². The Labute approximate surface area is 188 Å². The summed E-state index contributed by atoms with van der Waals surface area (Å²) in [6, 6.07) is 8.11. The number of nitrogens with zero attached hydrogens (tertiary/aromatic N) is 5. The summed E-state index contributed by atoms with van der Waals surface area (Å²) in [5, 5.41) is 3.02. The molecule has 0 atom stereocenters. The van der Waals surface area contributed by atoms with Crippen LogP contribution in [0.3, 0.4) is 0 Å². The first kappa shape index (κ1) is 21.8. The van der Waals surface area contributed by atoms with Gasteiger partial charge in [0.2, 0.25) is 5.91 Å². The molecule has 1 saturated heterocycles. The van der Waals surface area contributed by atoms with Gasteiger partial charge in [-0.05, 0) is 56.9 Å². The molecule has 0 aliphatic carbocycles. The first-order valence-electron chi connectivity index (χ1n) is 11.1. The van der Waals surface area contributed by atoms with Crippen molar-refractivity contribution in [1.29, 1.82) is 0 Å². The molecule has 1 aliphatic rings. The predicted molar refractivity (Wildman–Crippen MR) is 123 cm³/mol. The molecule has 8 nitrogen and oxygen atoms in total. The molecule has 0 radical (unpaired) electrons. The fourth-order valence-corrected chi connectivity index (χ4v) is 4.14. The number of hydrogen-bond donors (Lipinski definition) is 1. The molecular weight excluding hydrogens is 404 g/mol. The number of benzene rings is 1. The molecule has 1 aliphatic heterocycles. The van der Waals surface area contributed by atoms with Crippen LogP contribution in [0.15, 0.2) is 43.0 Å². The Hall–Kier alpha value is -3.42. The number of carbonyl (C=O) groups excluding carboxylic acids is 1. The van der Waals surface area contributed by atoms with Crippen molar-refractivity contribution in [2.45, 2.75) is 33.6 Å². The highest BCUT2D eigenvalue weighted by molar-refractivity contribution is 5.79. The van der Waals surface area contributed by atoms with Gasteiger partial charge in [-0.15, -0.1) is 0 Å². The minimum absolute atomic E-state index is 0.0182. The highest BCUT2D eigenvalue weighted by atomic mass is 16.5. The summed E-state index contributed by atoms with van der Waals surface area (Å²) in [6.07, 6.45) is 6.83. The summed E-state index contributed by atoms with van der Waals surface area (Å²) in [7, 11) is 0. The Morgan fingerprint density at radius 1 is 1.03 bits per heavy atom. The lowest BCUT2D eigenvalue weighted by Crippen LogP contribution is -2.41. The van der Waals surface area contributed by atoms with Gasteiger partial charge in [0.25, 0.3) is 0 Å². The highest BCUT2D eigenvalue weighted by Gasteiger charge is 2.25. The summed E-state index contributed by atoms with van der Waals surface area (Å²) < 4.78 is 7.72. The van der Waals surface area contributed by atoms with Crippen LogP contribution in [-0.2, 0) is 4.79 Å². The standard InChI is InChI=1S/C24H30N6O2/c1-17-12-18(2)14-21(13-17)32-11-7-26-24(31)20-4-8-29(9-5-20)22-15-23(28-16-27-22)30-10-6-25-19(30)3/h6,10,12-16,20H,4-5,7-9,11H2,1-3H3,(H,26,31). The first-order valence-corrected chi connectivity index (χ1v) is 11.1. The van der Waals surface area contributed by atoms with E-state index in [9.17, 15) is 4.79 Å². The molecule has 3 heterocycles. The smallest absolute Gasteiger partial charge is 0.223 e. The Bertz CT molecular complexity index is 1050. The zero-order valence-corrected chi connectivity index (χ0v) is 18.9. The minimum Gasteiger partial charge on any atom is -0.492 e. The molecule has 32 heavy (non-hydrogen) atoms. The summed E-state index contributed by atoms with van der Waals surface area (Å²) in [6.45, 7) is 8.59. The minimum atomic E-state index is 0.0182. The van der Waals surface area contributed by atoms with Crippen LogP contribution in [0.4, 0.5) is 5.82 Å². The van der Waals surface area contributed by atoms with Crippen LogP contribution in [0.2, 0.25) is 0 Å². The van der Waals surface area contributed by atoms with E-state index in [1.54, 1.807) is 12.5 Å². The molecule has 168 valence electrons. The van der Waals surface area contributed by atoms with Crippen molar-refractivity contribution in [2.75, 3.05) is 31.1 Å². The zero-order valence-electron chi connectivity index (χ0n) is 18.9. The average molecular weight is 435 g/mol. The second-order valence-corrected chi connectivity index (χ2v) is 8.30. The molecule has 1 N–H and O–H groups in total. The molecule has 2 aromatic heterocycles. The second-order valence-electron chi connectivity index (χ2n) is 8.30. The van der Waals surface area contributed by atoms with Crippen molar-refractivity contribution in [2.24, 2.45) is 5.92 Å². The Morgan fingerprint density at radius 3 is 2.44 bits per heavy atom. The molecule has 3 aromatic rings. The number of imidazole rings is 1. The van der Waals surface area contributed by atoms with Crippen molar-refractivity contribution in [3.63, 3.8) is 0 Å². The molecule has 1 amide bonds. The van der Waals surface area contributed by atoms with Gasteiger partial charge in [-0.3, -0.25) is 9.36 Å². The topological polar surface area (TPSA) is 85.2 Å². The van der Waals surface area contributed by atoms with Gasteiger partial charge in [0.05, 0.1) is 6.54 Å². The van der Waals surface area contributed by atoms with Crippen LogP contribution in [0.1, 0.15) is 29.8 Å². The SMILES string of the molecule is Cc1cc(C)cc(OCCNC(=O)C2CCN(c3cc(-n4ccnc4C)ncn3)CC2)c1. The Balaban J connectivity index is 1.24. The van der Waals surface area contributed by atoms with E-state index in [1.807, 2.05) is 35.9 Å². The average Bonchev–Trinajstić information content (AvgIpc) is 3.22. The third kappa shape index (κ3) is 5.25. The van der Waals surface area contributed by atoms with E-state index in [0.717, 1.165) is 49.1 Å². The van der Waals surface area contributed by atoms with Gasteiger partial charge in [0.15, 0.2) is 0 Å². The Kier molecular flexibility index (Phi) is 6.68. The number of rotatable bonds is 7. The number of aromatic nitrogens is 4. The van der Waals surface area contributed by atoms with Crippen LogP contribution in [0, 0.1) is 26.7 Å². The largest absolute Gasteiger partial charge is 0.492 e. The molecule has 0 bridgehead atoms. The lowest BCUT2D eigenvalue weighted by Gasteiger charge is -2.32. The predicted octanol–water partition coefficient (Wildman–Crippen LogP) is 3.00. The molecule has 4 rings (SSSR count). The highest BCUT2D eigenvalue weighted by Crippen LogP contribution is 2.23. The van der Waals surface area contributed by atoms with Crippen molar-refractivity contribution in [3.8, 4) is 11.6 Å². The molecule has 0 spiro atoms. The lowest BCUT2D eigenvalue weighted by atomic mass is 9.96. The molecule has 1 aromatic carbocycles. The van der Waals surface area contributed by atoms with Gasteiger partial charge in [-0.2, -0.15) is 0 Å². The normalized spacial score (nSPS) is 14.4. The maximum atomic E-state index is 12.6. The maximum Gasteiger partial charge on any atom is 0.223 e. The molecular formula is C24H30N6O2. The van der Waals surface area contributed by atoms with E-state index < -0.39 is 0 Å². The molecule has 0 unspecified atom stereocenters. The third-order valence-corrected chi connectivity index (χ3v) is 5.77. The van der Waals surface area contributed by atoms with Crippen molar-refractivity contribution in [3.05, 3.63) is 59.9 Å². The van der Waals surface area contributed by atoms with Crippen LogP contribution in [0.5, 0.6) is 5.75 Å². The monoisotopic (exact) mass is 434 g/mol. The van der Waals surface area contributed by atoms with Crippen LogP contribution in [0.25, 0.3) is 5.82 Å². The molecule has 0 saturated carbocycles. The van der Waals surface area contributed by atoms with Crippen molar-refractivity contribution >= 4 is 11.7 Å². The summed E-state index contributed by atoms with van der Waals surface area (Å²) in [4.78, 5) is 27.9. The molecule has 8 heteroatoms. The number of carbonyl (C=O) groups is 1. The van der Waals surface area contributed by atoms with Gasteiger partial charge < -0.3 is 15.0 Å². The van der Waals surface area contributed by atoms with Crippen LogP contribution in [-0.4, -0.2) is 51.7 Å². The van der Waals surface area contributed by atoms with Gasteiger partial charge in [-0.25, -0.2) is 15.0 Å². The van der Waals surface area contributed by atoms with E-state index in [-0.39, 0.29) is 11.8 Å². The fourth-order valence-electron chi connectivity index (χ4n) is 4.14. The summed E-state index contributed by atoms with van der Waals surface area (Å²) >= 11 is 0. The Morgan fingerprint density at radius 2 is 1.75 bits per heavy atom. The fraction of sp³-hybridized carbons (Fsp3) is 0.417. The van der Waals surface area contributed by atoms with Gasteiger partial charge in [0.1, 0.15) is 36.1 Å². The number of anilines is 1. The second kappa shape index (κ2) is 9.80. The quantitative estimate of drug-likeness (QED) is 0.576. The van der Waals surface area contributed by atoms with Gasteiger partial charge >= 0.3 is 0 Å². The van der Waals surface area contributed by atoms with Crippen molar-refractivity contribution in [1.82, 2.24) is 24.8 Å². The van der Waals surface area contributed by atoms with E-state index in [2.05, 4.69) is 45.1 Å². The number of piperidine rings is 1. The number of hydrogen-bond acceptors (Lipinski definition) is 6. The van der Waals surface area contributed by atoms with E-state index in [4.69, 9.17) is 4.74 Å². The number of nitrogens with one attached hydrogen (secondary N) is 1. The molecule has 1 fully saturated rings. The number of amides is 1. The summed E-state index contributed by atoms with van der Waals surface area (Å²) in [5.41, 5.74) is 2.35. The van der Waals surface area contributed by atoms with E-state index >= 15 is 0 Å². The third-order valence-electron chi connectivity index (χ3n) is 5.77. The zero-order chi connectivity index (χ0) is 22.5. The van der Waals surface area contributed by atoms with Crippen molar-refractivity contribution < 1.29 is 9.53 Å². The number of ether oxygens (including phenoxy) is 1. The summed E-state index contributed by atoms with van der Waals surface area (Å²) in [5.74, 6) is 3.53. The lowest BCUT2D eigenvalue weighted by molar-refractivity contribution is -0.125. The van der Waals surface area contributed by atoms with Crippen LogP contribution < -0.4 is 15.0 Å². The van der Waals surface area contributed by atoms with Gasteiger partial charge in [0, 0.05) is 37.5 Å². The van der Waals surface area contributed by atoms with E-state index in [0.29, 0.717) is 13.2 Å².